The maximum Gasteiger partial charge on any atom is 0.573 e. The van der Waals surface area contributed by atoms with Gasteiger partial charge in [0.15, 0.2) is 0 Å². The number of aryl methyl sites for hydroxylation is 1. The van der Waals surface area contributed by atoms with E-state index in [1.165, 1.54) is 12.1 Å². The van der Waals surface area contributed by atoms with Crippen molar-refractivity contribution in [1.82, 2.24) is 10.4 Å². The van der Waals surface area contributed by atoms with Crippen molar-refractivity contribution in [1.29, 1.82) is 0 Å². The van der Waals surface area contributed by atoms with Gasteiger partial charge in [-0.1, -0.05) is 12.1 Å². The molecule has 1 aromatic carbocycles. The Balaban J connectivity index is 2.31. The summed E-state index contributed by atoms with van der Waals surface area (Å²) in [5, 5.41) is 1.85. The van der Waals surface area contributed by atoms with Crippen LogP contribution in [0.2, 0.25) is 0 Å². The largest absolute Gasteiger partial charge is 0.573 e. The Hall–Kier alpha value is -2.21. The van der Waals surface area contributed by atoms with E-state index < -0.39 is 6.36 Å². The minimum atomic E-state index is -4.68. The standard InChI is InChI=1S/C16H17F3N2O/c1-4-13-10-12(7-8-21(13)20-3)15-6-5-14(9-11(15)2)22-16(17,18)19/h4-10,20H,1-3H3/b13-4-. The number of hydrazine groups is 1. The normalized spacial score (nSPS) is 16.9. The Kier molecular flexibility index (Phi) is 4.61. The number of nitrogens with one attached hydrogen (secondary N) is 1. The third-order valence-electron chi connectivity index (χ3n) is 3.26. The van der Waals surface area contributed by atoms with Gasteiger partial charge in [0, 0.05) is 13.2 Å². The summed E-state index contributed by atoms with van der Waals surface area (Å²) in [4.78, 5) is 0. The zero-order chi connectivity index (χ0) is 16.3. The molecule has 6 heteroatoms. The van der Waals surface area contributed by atoms with Gasteiger partial charge in [0.2, 0.25) is 0 Å². The quantitative estimate of drug-likeness (QED) is 0.908. The number of allylic oxidation sites excluding steroid dienone is 4. The monoisotopic (exact) mass is 310 g/mol. The SMILES string of the molecule is C/C=C1/C=C(c2ccc(OC(F)(F)F)cc2C)C=CN1NC. The van der Waals surface area contributed by atoms with Gasteiger partial charge in [-0.15, -0.1) is 13.2 Å². The fourth-order valence-corrected chi connectivity index (χ4v) is 2.27. The van der Waals surface area contributed by atoms with Gasteiger partial charge < -0.3 is 4.74 Å². The van der Waals surface area contributed by atoms with Crippen LogP contribution < -0.4 is 10.2 Å². The van der Waals surface area contributed by atoms with Gasteiger partial charge in [-0.3, -0.25) is 5.01 Å². The summed E-state index contributed by atoms with van der Waals surface area (Å²) in [6.45, 7) is 3.67. The Morgan fingerprint density at radius 1 is 1.27 bits per heavy atom. The molecule has 0 atom stereocenters. The van der Waals surface area contributed by atoms with E-state index in [-0.39, 0.29) is 5.75 Å². The Morgan fingerprint density at radius 2 is 2.00 bits per heavy atom. The lowest BCUT2D eigenvalue weighted by Gasteiger charge is -2.25. The number of alkyl halides is 3. The molecule has 0 unspecified atom stereocenters. The van der Waals surface area contributed by atoms with Gasteiger partial charge in [-0.2, -0.15) is 0 Å². The molecule has 22 heavy (non-hydrogen) atoms. The summed E-state index contributed by atoms with van der Waals surface area (Å²) >= 11 is 0. The molecule has 1 aliphatic rings. The first kappa shape index (κ1) is 16.2. The molecule has 3 nitrogen and oxygen atoms in total. The van der Waals surface area contributed by atoms with E-state index >= 15 is 0 Å². The van der Waals surface area contributed by atoms with E-state index in [0.717, 1.165) is 16.8 Å². The molecule has 0 bridgehead atoms. The third kappa shape index (κ3) is 3.71. The molecule has 0 amide bonds. The topological polar surface area (TPSA) is 24.5 Å². The highest BCUT2D eigenvalue weighted by molar-refractivity contribution is 5.79. The molecule has 2 rings (SSSR count). The smallest absolute Gasteiger partial charge is 0.406 e. The first-order chi connectivity index (χ1) is 10.3. The number of hydrogen-bond acceptors (Lipinski definition) is 3. The molecule has 0 aliphatic carbocycles. The van der Waals surface area contributed by atoms with Crippen LogP contribution >= 0.6 is 0 Å². The van der Waals surface area contributed by atoms with Crippen molar-refractivity contribution < 1.29 is 17.9 Å². The summed E-state index contributed by atoms with van der Waals surface area (Å²) in [6, 6.07) is 4.34. The lowest BCUT2D eigenvalue weighted by Crippen LogP contribution is -2.29. The van der Waals surface area contributed by atoms with Gasteiger partial charge in [0.05, 0.1) is 5.70 Å². The number of hydrogen-bond donors (Lipinski definition) is 1. The number of benzene rings is 1. The molecule has 0 saturated carbocycles. The number of ether oxygens (including phenoxy) is 1. The Bertz CT molecular complexity index is 645. The highest BCUT2D eigenvalue weighted by Crippen LogP contribution is 2.30. The molecule has 0 spiro atoms. The maximum atomic E-state index is 12.2. The molecule has 1 heterocycles. The molecule has 1 aliphatic heterocycles. The number of halogens is 3. The summed E-state index contributed by atoms with van der Waals surface area (Å²) in [6.07, 6.45) is 2.99. The van der Waals surface area contributed by atoms with E-state index in [9.17, 15) is 13.2 Å². The predicted octanol–water partition coefficient (Wildman–Crippen LogP) is 4.14. The fraction of sp³-hybridized carbons (Fsp3) is 0.250. The summed E-state index contributed by atoms with van der Waals surface area (Å²) in [7, 11) is 1.81. The predicted molar refractivity (Wildman–Crippen MR) is 79.6 cm³/mol. The second-order valence-electron chi connectivity index (χ2n) is 4.75. The van der Waals surface area contributed by atoms with Gasteiger partial charge in [-0.05, 0) is 54.8 Å². The van der Waals surface area contributed by atoms with Gasteiger partial charge in [-0.25, -0.2) is 5.43 Å². The van der Waals surface area contributed by atoms with E-state index in [4.69, 9.17) is 0 Å². The van der Waals surface area contributed by atoms with E-state index in [1.54, 1.807) is 20.0 Å². The van der Waals surface area contributed by atoms with Crippen LogP contribution in [0.15, 0.2) is 48.3 Å². The van der Waals surface area contributed by atoms with Crippen LogP contribution in [0.4, 0.5) is 13.2 Å². The zero-order valence-electron chi connectivity index (χ0n) is 12.5. The summed E-state index contributed by atoms with van der Waals surface area (Å²) in [5.74, 6) is -0.211. The first-order valence-corrected chi connectivity index (χ1v) is 6.73. The molecular weight excluding hydrogens is 293 g/mol. The number of nitrogens with zero attached hydrogens (tertiary/aromatic N) is 1. The van der Waals surface area contributed by atoms with Crippen LogP contribution in [0.25, 0.3) is 5.57 Å². The lowest BCUT2D eigenvalue weighted by atomic mass is 9.98. The zero-order valence-corrected chi connectivity index (χ0v) is 12.5. The van der Waals surface area contributed by atoms with Gasteiger partial charge in [0.25, 0.3) is 0 Å². The maximum absolute atomic E-state index is 12.2. The van der Waals surface area contributed by atoms with Crippen molar-refractivity contribution in [2.24, 2.45) is 0 Å². The highest BCUT2D eigenvalue weighted by atomic mass is 19.4. The second-order valence-corrected chi connectivity index (χ2v) is 4.75. The molecule has 0 fully saturated rings. The average Bonchev–Trinajstić information content (AvgIpc) is 2.45. The molecule has 0 aromatic heterocycles. The minimum absolute atomic E-state index is 0.211. The minimum Gasteiger partial charge on any atom is -0.406 e. The molecule has 1 N–H and O–H groups in total. The van der Waals surface area contributed by atoms with E-state index in [0.29, 0.717) is 5.56 Å². The van der Waals surface area contributed by atoms with Crippen LogP contribution in [0.1, 0.15) is 18.1 Å². The van der Waals surface area contributed by atoms with Crippen molar-refractivity contribution in [3.05, 3.63) is 59.5 Å². The van der Waals surface area contributed by atoms with Crippen molar-refractivity contribution in [2.75, 3.05) is 7.05 Å². The van der Waals surface area contributed by atoms with Crippen LogP contribution in [-0.2, 0) is 0 Å². The number of rotatable bonds is 3. The molecular formula is C16H17F3N2O. The van der Waals surface area contributed by atoms with E-state index in [2.05, 4.69) is 10.2 Å². The first-order valence-electron chi connectivity index (χ1n) is 6.73. The van der Waals surface area contributed by atoms with Crippen LogP contribution in [0, 0.1) is 6.92 Å². The summed E-state index contributed by atoms with van der Waals surface area (Å²) in [5.41, 5.74) is 6.47. The third-order valence-corrected chi connectivity index (χ3v) is 3.26. The van der Waals surface area contributed by atoms with E-state index in [1.807, 2.05) is 36.4 Å². The molecule has 0 radical (unpaired) electrons. The van der Waals surface area contributed by atoms with Gasteiger partial charge in [0.1, 0.15) is 5.75 Å². The lowest BCUT2D eigenvalue weighted by molar-refractivity contribution is -0.274. The van der Waals surface area contributed by atoms with Crippen LogP contribution in [-0.4, -0.2) is 18.4 Å². The second kappa shape index (κ2) is 6.27. The fourth-order valence-electron chi connectivity index (χ4n) is 2.27. The molecule has 118 valence electrons. The van der Waals surface area contributed by atoms with Crippen LogP contribution in [0.5, 0.6) is 5.75 Å². The van der Waals surface area contributed by atoms with Crippen LogP contribution in [0.3, 0.4) is 0 Å². The van der Waals surface area contributed by atoms with Crippen molar-refractivity contribution in [2.45, 2.75) is 20.2 Å². The summed E-state index contributed by atoms with van der Waals surface area (Å²) < 4.78 is 40.7. The Labute approximate surface area is 127 Å². The van der Waals surface area contributed by atoms with Gasteiger partial charge >= 0.3 is 6.36 Å². The molecule has 0 saturated heterocycles. The Morgan fingerprint density at radius 3 is 2.55 bits per heavy atom. The molecule has 1 aromatic rings. The van der Waals surface area contributed by atoms with Crippen molar-refractivity contribution in [3.63, 3.8) is 0 Å². The van der Waals surface area contributed by atoms with Crippen molar-refractivity contribution >= 4 is 5.57 Å². The average molecular weight is 310 g/mol. The highest BCUT2D eigenvalue weighted by Gasteiger charge is 2.31. The van der Waals surface area contributed by atoms with Crippen molar-refractivity contribution in [3.8, 4) is 5.75 Å².